The van der Waals surface area contributed by atoms with Crippen LogP contribution in [0, 0.1) is 20.2 Å². The Balaban J connectivity index is 2.06. The van der Waals surface area contributed by atoms with E-state index in [1.165, 1.54) is 18.0 Å². The molecule has 0 atom stereocenters. The molecule has 1 heterocycles. The zero-order valence-electron chi connectivity index (χ0n) is 10.9. The first-order valence-electron chi connectivity index (χ1n) is 6.13. The van der Waals surface area contributed by atoms with Crippen LogP contribution >= 0.6 is 24.2 Å². The summed E-state index contributed by atoms with van der Waals surface area (Å²) in [5, 5.41) is 21.6. The van der Waals surface area contributed by atoms with Crippen LogP contribution in [0.4, 0.5) is 17.1 Å². The minimum atomic E-state index is -0.774. The largest absolute Gasteiger partial charge is 0.356 e. The van der Waals surface area contributed by atoms with Crippen molar-refractivity contribution >= 4 is 45.5 Å². The molecule has 1 saturated heterocycles. The molecule has 10 heteroatoms. The van der Waals surface area contributed by atoms with E-state index in [1.54, 1.807) is 0 Å². The second kappa shape index (κ2) is 6.68. The molecule has 0 spiro atoms. The van der Waals surface area contributed by atoms with Crippen LogP contribution in [0.1, 0.15) is 12.8 Å². The summed E-state index contributed by atoms with van der Waals surface area (Å²) in [6, 6.07) is 3.67. The number of benzene rings is 1. The second-order valence-corrected chi connectivity index (χ2v) is 5.82. The number of nitro benzene ring substituents is 2. The number of rotatable bonds is 4. The SMILES string of the molecule is O=[N+]([O-])c1ccc(NSC(=S)N2CCCC2)cc1[N+](=O)[O-]. The van der Waals surface area contributed by atoms with Crippen LogP contribution in [-0.2, 0) is 0 Å². The lowest BCUT2D eigenvalue weighted by molar-refractivity contribution is -0.422. The third-order valence-electron chi connectivity index (χ3n) is 2.99. The van der Waals surface area contributed by atoms with Gasteiger partial charge in [-0.3, -0.25) is 20.2 Å². The zero-order chi connectivity index (χ0) is 15.4. The topological polar surface area (TPSA) is 102 Å². The van der Waals surface area contributed by atoms with Gasteiger partial charge in [-0.2, -0.15) is 0 Å². The Morgan fingerprint density at radius 1 is 1.19 bits per heavy atom. The smallest absolute Gasteiger partial charge is 0.348 e. The molecule has 0 bridgehead atoms. The number of hydrogen-bond acceptors (Lipinski definition) is 7. The Morgan fingerprint density at radius 2 is 1.81 bits per heavy atom. The Hall–Kier alpha value is -1.94. The van der Waals surface area contributed by atoms with Gasteiger partial charge in [-0.05, 0) is 18.9 Å². The van der Waals surface area contributed by atoms with E-state index in [4.69, 9.17) is 12.2 Å². The van der Waals surface area contributed by atoms with E-state index in [-0.39, 0.29) is 0 Å². The molecule has 1 fully saturated rings. The molecule has 1 aromatic carbocycles. The highest BCUT2D eigenvalue weighted by Crippen LogP contribution is 2.31. The molecule has 8 nitrogen and oxygen atoms in total. The third-order valence-corrected chi connectivity index (χ3v) is 4.27. The van der Waals surface area contributed by atoms with E-state index in [2.05, 4.69) is 4.72 Å². The molecule has 2 rings (SSSR count). The van der Waals surface area contributed by atoms with Gasteiger partial charge >= 0.3 is 11.4 Å². The number of nitrogens with one attached hydrogen (secondary N) is 1. The Bertz CT molecular complexity index is 590. The van der Waals surface area contributed by atoms with Gasteiger partial charge in [0.15, 0.2) is 4.32 Å². The summed E-state index contributed by atoms with van der Waals surface area (Å²) in [7, 11) is 0. The fourth-order valence-electron chi connectivity index (χ4n) is 1.95. The standard InChI is InChI=1S/C11H12N4O4S2/c16-14(17)9-4-3-8(7-10(9)15(18)19)12-21-11(20)13-5-1-2-6-13/h3-4,7,12H,1-2,5-6H2. The normalized spacial score (nSPS) is 14.0. The number of thiocarbonyl (C=S) groups is 1. The summed E-state index contributed by atoms with van der Waals surface area (Å²) in [5.74, 6) is 0. The van der Waals surface area contributed by atoms with Crippen LogP contribution in [-0.4, -0.2) is 32.2 Å². The van der Waals surface area contributed by atoms with E-state index >= 15 is 0 Å². The molecule has 0 unspecified atom stereocenters. The van der Waals surface area contributed by atoms with Crippen molar-refractivity contribution in [1.82, 2.24) is 4.90 Å². The van der Waals surface area contributed by atoms with Gasteiger partial charge in [0.1, 0.15) is 0 Å². The van der Waals surface area contributed by atoms with E-state index in [0.29, 0.717) is 10.0 Å². The highest BCUT2D eigenvalue weighted by Gasteiger charge is 2.24. The Labute approximate surface area is 129 Å². The zero-order valence-corrected chi connectivity index (χ0v) is 12.5. The summed E-state index contributed by atoms with van der Waals surface area (Å²) < 4.78 is 3.55. The fraction of sp³-hybridized carbons (Fsp3) is 0.364. The summed E-state index contributed by atoms with van der Waals surface area (Å²) >= 11 is 6.43. The van der Waals surface area contributed by atoms with Crippen molar-refractivity contribution in [3.63, 3.8) is 0 Å². The quantitative estimate of drug-likeness (QED) is 0.389. The number of nitro groups is 2. The molecule has 0 radical (unpaired) electrons. The molecule has 1 aliphatic rings. The van der Waals surface area contributed by atoms with Gasteiger partial charge in [0.25, 0.3) is 0 Å². The van der Waals surface area contributed by atoms with Crippen molar-refractivity contribution in [2.75, 3.05) is 17.8 Å². The number of anilines is 1. The molecule has 1 aliphatic heterocycles. The van der Waals surface area contributed by atoms with Crippen LogP contribution in [0.2, 0.25) is 0 Å². The van der Waals surface area contributed by atoms with Crippen LogP contribution in [0.5, 0.6) is 0 Å². The van der Waals surface area contributed by atoms with E-state index in [9.17, 15) is 20.2 Å². The lowest BCUT2D eigenvalue weighted by atomic mass is 10.2. The first kappa shape index (κ1) is 15.4. The summed E-state index contributed by atoms with van der Waals surface area (Å²) in [5.41, 5.74) is -0.672. The van der Waals surface area contributed by atoms with Crippen molar-refractivity contribution in [2.24, 2.45) is 0 Å². The first-order valence-corrected chi connectivity index (χ1v) is 7.36. The summed E-state index contributed by atoms with van der Waals surface area (Å²) in [6.07, 6.45) is 2.20. The predicted octanol–water partition coefficient (Wildman–Crippen LogP) is 2.94. The first-order chi connectivity index (χ1) is 9.99. The van der Waals surface area contributed by atoms with E-state index in [0.717, 1.165) is 38.1 Å². The molecule has 0 aliphatic carbocycles. The lowest BCUT2D eigenvalue weighted by Crippen LogP contribution is -2.24. The molecule has 0 amide bonds. The van der Waals surface area contributed by atoms with Gasteiger partial charge in [-0.1, -0.05) is 12.2 Å². The van der Waals surface area contributed by atoms with Crippen molar-refractivity contribution in [3.05, 3.63) is 38.4 Å². The van der Waals surface area contributed by atoms with Crippen LogP contribution in [0.25, 0.3) is 0 Å². The summed E-state index contributed by atoms with van der Waals surface area (Å²) in [4.78, 5) is 22.1. The van der Waals surface area contributed by atoms with Gasteiger partial charge in [-0.15, -0.1) is 0 Å². The number of nitrogens with zero attached hydrogens (tertiary/aromatic N) is 3. The van der Waals surface area contributed by atoms with Crippen LogP contribution in [0.3, 0.4) is 0 Å². The Morgan fingerprint density at radius 3 is 2.38 bits per heavy atom. The molecule has 0 aromatic heterocycles. The van der Waals surface area contributed by atoms with Crippen LogP contribution in [0.15, 0.2) is 18.2 Å². The molecule has 1 N–H and O–H groups in total. The van der Waals surface area contributed by atoms with Crippen molar-refractivity contribution in [1.29, 1.82) is 0 Å². The molecular weight excluding hydrogens is 316 g/mol. The van der Waals surface area contributed by atoms with Crippen molar-refractivity contribution in [2.45, 2.75) is 12.8 Å². The maximum Gasteiger partial charge on any atom is 0.348 e. The average Bonchev–Trinajstić information content (AvgIpc) is 2.98. The highest BCUT2D eigenvalue weighted by molar-refractivity contribution is 8.23. The maximum absolute atomic E-state index is 10.9. The van der Waals surface area contributed by atoms with E-state index < -0.39 is 21.2 Å². The fourth-order valence-corrected chi connectivity index (χ4v) is 2.91. The molecule has 21 heavy (non-hydrogen) atoms. The monoisotopic (exact) mass is 328 g/mol. The highest BCUT2D eigenvalue weighted by atomic mass is 32.2. The summed E-state index contributed by atoms with van der Waals surface area (Å²) in [6.45, 7) is 1.82. The van der Waals surface area contributed by atoms with Crippen molar-refractivity contribution in [3.8, 4) is 0 Å². The second-order valence-electron chi connectivity index (χ2n) is 4.38. The lowest BCUT2D eigenvalue weighted by Gasteiger charge is -2.17. The number of likely N-dealkylation sites (tertiary alicyclic amines) is 1. The van der Waals surface area contributed by atoms with Crippen molar-refractivity contribution < 1.29 is 9.85 Å². The van der Waals surface area contributed by atoms with Gasteiger partial charge in [0.05, 0.1) is 15.5 Å². The number of hydrogen-bond donors (Lipinski definition) is 1. The molecular formula is C11H12N4O4S2. The Kier molecular flexibility index (Phi) is 4.91. The van der Waals surface area contributed by atoms with Gasteiger partial charge < -0.3 is 9.62 Å². The van der Waals surface area contributed by atoms with Gasteiger partial charge in [-0.25, -0.2) is 0 Å². The third kappa shape index (κ3) is 3.79. The van der Waals surface area contributed by atoms with Crippen LogP contribution < -0.4 is 4.72 Å². The molecule has 1 aromatic rings. The average molecular weight is 328 g/mol. The van der Waals surface area contributed by atoms with Gasteiger partial charge in [0, 0.05) is 37.2 Å². The van der Waals surface area contributed by atoms with Gasteiger partial charge in [0.2, 0.25) is 0 Å². The predicted molar refractivity (Wildman–Crippen MR) is 84.4 cm³/mol. The molecule has 0 saturated carbocycles. The molecule has 112 valence electrons. The van der Waals surface area contributed by atoms with E-state index in [1.807, 2.05) is 4.90 Å². The minimum Gasteiger partial charge on any atom is -0.356 e. The minimum absolute atomic E-state index is 0.402. The maximum atomic E-state index is 10.9.